The van der Waals surface area contributed by atoms with Gasteiger partial charge in [-0.15, -0.1) is 0 Å². The minimum atomic E-state index is -2.99. The lowest BCUT2D eigenvalue weighted by Gasteiger charge is -2.42. The second-order valence-electron chi connectivity index (χ2n) is 14.6. The average Bonchev–Trinajstić information content (AvgIpc) is 2.94. The minimum absolute atomic E-state index is 0.229. The van der Waals surface area contributed by atoms with Crippen molar-refractivity contribution in [3.63, 3.8) is 0 Å². The molecule has 4 atom stereocenters. The molecular formula is C36H52F6O. The molecule has 0 radical (unpaired) electrons. The lowest BCUT2D eigenvalue weighted by atomic mass is 9.65. The summed E-state index contributed by atoms with van der Waals surface area (Å²) in [6.07, 6.45) is 13.2. The number of halogens is 6. The predicted molar refractivity (Wildman–Crippen MR) is 161 cm³/mol. The summed E-state index contributed by atoms with van der Waals surface area (Å²) in [5, 5.41) is 0. The van der Waals surface area contributed by atoms with Crippen LogP contribution >= 0.6 is 0 Å². The van der Waals surface area contributed by atoms with Gasteiger partial charge in [0.25, 0.3) is 0 Å². The smallest absolute Gasteiger partial charge is 0.248 e. The third-order valence-corrected chi connectivity index (χ3v) is 11.2. The summed E-state index contributed by atoms with van der Waals surface area (Å²) in [5.41, 5.74) is -2.24. The van der Waals surface area contributed by atoms with Gasteiger partial charge in [-0.1, -0.05) is 117 Å². The standard InChI is InChI=1S/C36H52F6O/c1-5-7-23-9-13-25(14-10-23)21-35(3)19-17-27(31(37)29(35)33(39)40)43-28-18-20-36(4,30(32(28)38)34(41)42)22-26-15-11-24(8-6-2)12-16-26/h17-20,23-26,29-30,33-34H,5-16,21-22H2,1-4H3. The molecule has 0 aromatic carbocycles. The van der Waals surface area contributed by atoms with Crippen LogP contribution in [0.3, 0.4) is 0 Å². The second kappa shape index (κ2) is 14.6. The molecular weight excluding hydrogens is 562 g/mol. The molecule has 4 unspecified atom stereocenters. The molecule has 0 aliphatic heterocycles. The van der Waals surface area contributed by atoms with Gasteiger partial charge >= 0.3 is 0 Å². The fourth-order valence-electron chi connectivity index (χ4n) is 8.76. The van der Waals surface area contributed by atoms with Crippen LogP contribution in [0.5, 0.6) is 0 Å². The Balaban J connectivity index is 1.48. The molecule has 244 valence electrons. The zero-order valence-corrected chi connectivity index (χ0v) is 26.5. The van der Waals surface area contributed by atoms with Crippen molar-refractivity contribution >= 4 is 0 Å². The largest absolute Gasteiger partial charge is 0.452 e. The molecule has 0 amide bonds. The van der Waals surface area contributed by atoms with Crippen molar-refractivity contribution in [2.75, 3.05) is 0 Å². The summed E-state index contributed by atoms with van der Waals surface area (Å²) < 4.78 is 94.7. The summed E-state index contributed by atoms with van der Waals surface area (Å²) in [4.78, 5) is 0. The maximum atomic E-state index is 15.8. The number of ether oxygens (including phenoxy) is 1. The average molecular weight is 615 g/mol. The van der Waals surface area contributed by atoms with Crippen LogP contribution in [0.25, 0.3) is 0 Å². The van der Waals surface area contributed by atoms with Gasteiger partial charge in [0.1, 0.15) is 0 Å². The maximum Gasteiger partial charge on any atom is 0.248 e. The highest BCUT2D eigenvalue weighted by Gasteiger charge is 2.49. The highest BCUT2D eigenvalue weighted by Crippen LogP contribution is 2.53. The van der Waals surface area contributed by atoms with Crippen molar-refractivity contribution in [2.45, 2.75) is 130 Å². The summed E-state index contributed by atoms with van der Waals surface area (Å²) in [7, 11) is 0. The first kappa shape index (κ1) is 34.2. The van der Waals surface area contributed by atoms with Crippen LogP contribution in [0.4, 0.5) is 26.3 Å². The quantitative estimate of drug-likeness (QED) is 0.199. The van der Waals surface area contributed by atoms with Gasteiger partial charge in [0.05, 0.1) is 11.8 Å². The zero-order valence-electron chi connectivity index (χ0n) is 26.5. The molecule has 43 heavy (non-hydrogen) atoms. The van der Waals surface area contributed by atoms with Crippen molar-refractivity contribution in [2.24, 2.45) is 46.3 Å². The molecule has 2 saturated carbocycles. The van der Waals surface area contributed by atoms with E-state index < -0.39 is 58.7 Å². The van der Waals surface area contributed by atoms with Crippen molar-refractivity contribution < 1.29 is 31.1 Å². The lowest BCUT2D eigenvalue weighted by molar-refractivity contribution is 0.00617. The van der Waals surface area contributed by atoms with Crippen LogP contribution in [0, 0.1) is 46.3 Å². The normalized spacial score (nSPS) is 37.1. The maximum absolute atomic E-state index is 15.8. The summed E-state index contributed by atoms with van der Waals surface area (Å²) >= 11 is 0. The summed E-state index contributed by atoms with van der Waals surface area (Å²) in [5.74, 6) is -5.00. The Morgan fingerprint density at radius 2 is 0.953 bits per heavy atom. The highest BCUT2D eigenvalue weighted by molar-refractivity contribution is 5.35. The number of rotatable bonds is 12. The molecule has 0 spiro atoms. The van der Waals surface area contributed by atoms with E-state index in [-0.39, 0.29) is 11.8 Å². The molecule has 0 aromatic rings. The highest BCUT2D eigenvalue weighted by atomic mass is 19.3. The third-order valence-electron chi connectivity index (χ3n) is 11.2. The Morgan fingerprint density at radius 1 is 0.628 bits per heavy atom. The van der Waals surface area contributed by atoms with Gasteiger partial charge in [0.15, 0.2) is 23.2 Å². The monoisotopic (exact) mass is 614 g/mol. The van der Waals surface area contributed by atoms with Gasteiger partial charge in [0, 0.05) is 10.8 Å². The molecule has 0 bridgehead atoms. The molecule has 2 fully saturated rings. The van der Waals surface area contributed by atoms with Crippen LogP contribution in [-0.2, 0) is 4.74 Å². The number of hydrogen-bond acceptors (Lipinski definition) is 1. The van der Waals surface area contributed by atoms with Crippen LogP contribution in [0.15, 0.2) is 47.5 Å². The number of allylic oxidation sites excluding steroid dienone is 6. The van der Waals surface area contributed by atoms with E-state index in [1.54, 1.807) is 26.0 Å². The first-order valence-corrected chi connectivity index (χ1v) is 16.8. The second-order valence-corrected chi connectivity index (χ2v) is 14.6. The Kier molecular flexibility index (Phi) is 11.6. The first-order valence-electron chi connectivity index (χ1n) is 16.8. The van der Waals surface area contributed by atoms with E-state index in [1.165, 1.54) is 25.0 Å². The van der Waals surface area contributed by atoms with Crippen molar-refractivity contribution in [1.29, 1.82) is 0 Å². The number of hydrogen-bond donors (Lipinski definition) is 0. The van der Waals surface area contributed by atoms with Crippen LogP contribution in [0.1, 0.15) is 118 Å². The van der Waals surface area contributed by atoms with Gasteiger partial charge < -0.3 is 4.74 Å². The Hall–Kier alpha value is -1.66. The van der Waals surface area contributed by atoms with E-state index in [9.17, 15) is 17.6 Å². The van der Waals surface area contributed by atoms with E-state index in [0.29, 0.717) is 24.7 Å². The minimum Gasteiger partial charge on any atom is -0.452 e. The number of alkyl halides is 4. The topological polar surface area (TPSA) is 9.23 Å². The van der Waals surface area contributed by atoms with Crippen molar-refractivity contribution in [3.05, 3.63) is 47.5 Å². The van der Waals surface area contributed by atoms with Crippen LogP contribution in [-0.4, -0.2) is 12.9 Å². The van der Waals surface area contributed by atoms with Crippen molar-refractivity contribution in [1.82, 2.24) is 0 Å². The van der Waals surface area contributed by atoms with Gasteiger partial charge in [-0.2, -0.15) is 0 Å². The molecule has 1 nitrogen and oxygen atoms in total. The fraction of sp³-hybridized carbons (Fsp3) is 0.778. The Labute approximate surface area is 255 Å². The van der Waals surface area contributed by atoms with Crippen LogP contribution in [0.2, 0.25) is 0 Å². The van der Waals surface area contributed by atoms with Crippen molar-refractivity contribution in [3.8, 4) is 0 Å². The molecule has 0 heterocycles. The van der Waals surface area contributed by atoms with Gasteiger partial charge in [-0.05, 0) is 48.7 Å². The summed E-state index contributed by atoms with van der Waals surface area (Å²) in [6, 6.07) is 0. The predicted octanol–water partition coefficient (Wildman–Crippen LogP) is 12.3. The first-order chi connectivity index (χ1) is 20.4. The Morgan fingerprint density at radius 3 is 1.26 bits per heavy atom. The molecule has 0 saturated heterocycles. The lowest BCUT2D eigenvalue weighted by Crippen LogP contribution is -2.37. The van der Waals surface area contributed by atoms with Crippen LogP contribution < -0.4 is 0 Å². The molecule has 7 heteroatoms. The molecule has 4 aliphatic carbocycles. The van der Waals surface area contributed by atoms with Gasteiger partial charge in [0.2, 0.25) is 12.9 Å². The Bertz CT molecular complexity index is 964. The molecule has 4 rings (SSSR count). The van der Waals surface area contributed by atoms with E-state index in [2.05, 4.69) is 13.8 Å². The summed E-state index contributed by atoms with van der Waals surface area (Å²) in [6.45, 7) is 7.64. The molecule has 0 N–H and O–H groups in total. The van der Waals surface area contributed by atoms with E-state index in [4.69, 9.17) is 4.74 Å². The van der Waals surface area contributed by atoms with Gasteiger partial charge in [-0.25, -0.2) is 26.3 Å². The fourth-order valence-corrected chi connectivity index (χ4v) is 8.76. The van der Waals surface area contributed by atoms with E-state index >= 15 is 8.78 Å². The molecule has 0 aromatic heterocycles. The van der Waals surface area contributed by atoms with E-state index in [0.717, 1.165) is 64.2 Å². The van der Waals surface area contributed by atoms with E-state index in [1.807, 2.05) is 0 Å². The third kappa shape index (κ3) is 7.95. The zero-order chi connectivity index (χ0) is 31.4. The molecule has 4 aliphatic rings. The van der Waals surface area contributed by atoms with Gasteiger partial charge in [-0.3, -0.25) is 0 Å². The SMILES string of the molecule is CCCC1CCC(CC2(C)C=CC(OC3=C(F)C(C(F)F)C(C)(CC4CCC(CCC)CC4)C=C3)=C(F)C2C(F)F)CC1.